The van der Waals surface area contributed by atoms with Gasteiger partial charge in [-0.15, -0.1) is 5.12 Å². The van der Waals surface area contributed by atoms with Crippen molar-refractivity contribution in [2.75, 3.05) is 31.9 Å². The largest absolute Gasteiger partial charge is 0.375 e. The van der Waals surface area contributed by atoms with Crippen molar-refractivity contribution < 1.29 is 4.79 Å². The maximum atomic E-state index is 13.0. The highest BCUT2D eigenvalue weighted by Crippen LogP contribution is 2.25. The Balaban J connectivity index is 2.30. The van der Waals surface area contributed by atoms with Crippen molar-refractivity contribution in [3.05, 3.63) is 23.8 Å². The number of thiazole rings is 1. The molecule has 0 aliphatic rings. The first kappa shape index (κ1) is 18.6. The molecule has 8 heteroatoms. The number of nitrogens with zero attached hydrogens (tertiary/aromatic N) is 4. The zero-order valence-electron chi connectivity index (χ0n) is 14.7. The van der Waals surface area contributed by atoms with Crippen LogP contribution in [0.15, 0.2) is 18.2 Å². The van der Waals surface area contributed by atoms with Crippen molar-refractivity contribution in [2.24, 2.45) is 0 Å². The molecule has 0 spiro atoms. The number of benzene rings is 1. The number of carbonyl (C=O) groups is 1. The molecule has 0 atom stereocenters. The molecule has 24 heavy (non-hydrogen) atoms. The highest BCUT2D eigenvalue weighted by molar-refractivity contribution is 7.22. The molecule has 0 saturated carbocycles. The molecule has 0 saturated heterocycles. The maximum absolute atomic E-state index is 13.0. The van der Waals surface area contributed by atoms with Gasteiger partial charge in [-0.1, -0.05) is 18.3 Å². The third-order valence-corrected chi connectivity index (χ3v) is 4.51. The minimum Gasteiger partial charge on any atom is -0.375 e. The normalized spacial score (nSPS) is 11.6. The van der Waals surface area contributed by atoms with E-state index in [9.17, 15) is 4.79 Å². The van der Waals surface area contributed by atoms with E-state index in [-0.39, 0.29) is 5.91 Å². The van der Waals surface area contributed by atoms with Gasteiger partial charge >= 0.3 is 0 Å². The Kier molecular flexibility index (Phi) is 6.50. The summed E-state index contributed by atoms with van der Waals surface area (Å²) in [5.74, 6) is -0.0374. The Morgan fingerprint density at radius 3 is 2.54 bits per heavy atom. The summed E-state index contributed by atoms with van der Waals surface area (Å²) in [7, 11) is 0. The summed E-state index contributed by atoms with van der Waals surface area (Å²) in [4.78, 5) is 17.3. The standard InChI is InChI=1S/C16H26N6OS/c1-5-18-21(7-3)22(8-4)20(6-2)15(23)12-9-10-13-14(11-12)24-16(17)19-13/h9-11,18H,5-8H2,1-4H3,(H2,17,19). The summed E-state index contributed by atoms with van der Waals surface area (Å²) in [6.45, 7) is 10.9. The van der Waals surface area contributed by atoms with Crippen LogP contribution in [0, 0.1) is 0 Å². The van der Waals surface area contributed by atoms with Gasteiger partial charge in [0.1, 0.15) is 0 Å². The van der Waals surface area contributed by atoms with Crippen LogP contribution in [-0.2, 0) is 0 Å². The van der Waals surface area contributed by atoms with Crippen molar-refractivity contribution in [3.8, 4) is 0 Å². The SMILES string of the molecule is CCNN(CC)N(CC)N(CC)C(=O)c1ccc2nc(N)sc2c1. The maximum Gasteiger partial charge on any atom is 0.269 e. The van der Waals surface area contributed by atoms with Gasteiger partial charge in [-0.3, -0.25) is 9.80 Å². The fourth-order valence-electron chi connectivity index (χ4n) is 2.65. The number of nitrogens with one attached hydrogen (secondary N) is 1. The van der Waals surface area contributed by atoms with Crippen molar-refractivity contribution in [1.82, 2.24) is 25.7 Å². The number of nitrogen functional groups attached to an aromatic ring is 1. The van der Waals surface area contributed by atoms with E-state index in [1.54, 1.807) is 5.01 Å². The van der Waals surface area contributed by atoms with E-state index < -0.39 is 0 Å². The molecule has 1 aromatic heterocycles. The Labute approximate surface area is 146 Å². The van der Waals surface area contributed by atoms with E-state index >= 15 is 0 Å². The average molecular weight is 350 g/mol. The number of carbonyl (C=O) groups excluding carboxylic acids is 1. The van der Waals surface area contributed by atoms with E-state index in [0.29, 0.717) is 23.8 Å². The lowest BCUT2D eigenvalue weighted by molar-refractivity contribution is -0.180. The van der Waals surface area contributed by atoms with E-state index in [2.05, 4.69) is 17.3 Å². The molecule has 1 aromatic carbocycles. The highest BCUT2D eigenvalue weighted by atomic mass is 32.1. The number of hydrogen-bond acceptors (Lipinski definition) is 7. The second-order valence-electron chi connectivity index (χ2n) is 5.17. The van der Waals surface area contributed by atoms with Gasteiger partial charge in [-0.2, -0.15) is 5.12 Å². The molecule has 0 aliphatic heterocycles. The number of nitrogens with two attached hydrogens (primary N) is 1. The quantitative estimate of drug-likeness (QED) is 0.712. The number of anilines is 1. The number of fused-ring (bicyclic) bond motifs is 1. The summed E-state index contributed by atoms with van der Waals surface area (Å²) in [6.07, 6.45) is 0. The van der Waals surface area contributed by atoms with Gasteiger partial charge < -0.3 is 5.73 Å². The second kappa shape index (κ2) is 8.39. The lowest BCUT2D eigenvalue weighted by Gasteiger charge is -2.40. The molecule has 2 aromatic rings. The Morgan fingerprint density at radius 1 is 1.21 bits per heavy atom. The number of aromatic nitrogens is 1. The summed E-state index contributed by atoms with van der Waals surface area (Å²) < 4.78 is 0.927. The Hall–Kier alpha value is -1.74. The number of hydrogen-bond donors (Lipinski definition) is 2. The van der Waals surface area contributed by atoms with Gasteiger partial charge in [-0.05, 0) is 39.0 Å². The van der Waals surface area contributed by atoms with Crippen LogP contribution < -0.4 is 11.2 Å². The molecule has 3 N–H and O–H groups in total. The first-order chi connectivity index (χ1) is 11.5. The van der Waals surface area contributed by atoms with Crippen LogP contribution in [0.5, 0.6) is 0 Å². The smallest absolute Gasteiger partial charge is 0.269 e. The summed E-state index contributed by atoms with van der Waals surface area (Å²) >= 11 is 1.40. The van der Waals surface area contributed by atoms with Crippen molar-refractivity contribution in [1.29, 1.82) is 0 Å². The zero-order chi connectivity index (χ0) is 17.7. The molecule has 0 unspecified atom stereocenters. The van der Waals surface area contributed by atoms with Gasteiger partial charge in [0.05, 0.1) is 10.2 Å². The predicted molar refractivity (Wildman–Crippen MR) is 99.2 cm³/mol. The van der Waals surface area contributed by atoms with Crippen LogP contribution in [0.1, 0.15) is 38.1 Å². The van der Waals surface area contributed by atoms with E-state index in [0.717, 1.165) is 23.3 Å². The third kappa shape index (κ3) is 3.84. The average Bonchev–Trinajstić information content (AvgIpc) is 2.96. The van der Waals surface area contributed by atoms with Gasteiger partial charge in [-0.25, -0.2) is 10.4 Å². The van der Waals surface area contributed by atoms with E-state index in [1.807, 2.05) is 49.2 Å². The molecule has 0 aliphatic carbocycles. The fourth-order valence-corrected chi connectivity index (χ4v) is 3.42. The van der Waals surface area contributed by atoms with Crippen LogP contribution in [0.2, 0.25) is 0 Å². The first-order valence-corrected chi connectivity index (χ1v) is 9.13. The van der Waals surface area contributed by atoms with Crippen LogP contribution in [0.3, 0.4) is 0 Å². The van der Waals surface area contributed by atoms with Crippen LogP contribution >= 0.6 is 11.3 Å². The van der Waals surface area contributed by atoms with Gasteiger partial charge in [0.2, 0.25) is 0 Å². The lowest BCUT2D eigenvalue weighted by atomic mass is 10.2. The van der Waals surface area contributed by atoms with Crippen LogP contribution in [0.25, 0.3) is 10.2 Å². The minimum atomic E-state index is -0.0374. The number of rotatable bonds is 8. The van der Waals surface area contributed by atoms with E-state index in [4.69, 9.17) is 5.73 Å². The van der Waals surface area contributed by atoms with E-state index in [1.165, 1.54) is 11.3 Å². The molecule has 2 rings (SSSR count). The van der Waals surface area contributed by atoms with Gasteiger partial charge in [0.25, 0.3) is 5.91 Å². The Bertz CT molecular complexity index is 688. The molecule has 132 valence electrons. The Morgan fingerprint density at radius 2 is 1.96 bits per heavy atom. The monoisotopic (exact) mass is 350 g/mol. The molecule has 1 heterocycles. The number of amides is 1. The third-order valence-electron chi connectivity index (χ3n) is 3.67. The number of hydrazine groups is 3. The summed E-state index contributed by atoms with van der Waals surface area (Å²) in [5.41, 5.74) is 10.5. The molecule has 0 fully saturated rings. The van der Waals surface area contributed by atoms with Crippen molar-refractivity contribution in [3.63, 3.8) is 0 Å². The minimum absolute atomic E-state index is 0.0374. The molecule has 0 bridgehead atoms. The molecule has 7 nitrogen and oxygen atoms in total. The molecule has 1 amide bonds. The fraction of sp³-hybridized carbons (Fsp3) is 0.500. The highest BCUT2D eigenvalue weighted by Gasteiger charge is 2.24. The predicted octanol–water partition coefficient (Wildman–Crippen LogP) is 2.34. The molecular weight excluding hydrogens is 324 g/mol. The van der Waals surface area contributed by atoms with Crippen molar-refractivity contribution in [2.45, 2.75) is 27.7 Å². The summed E-state index contributed by atoms with van der Waals surface area (Å²) in [5, 5.41) is 6.17. The summed E-state index contributed by atoms with van der Waals surface area (Å²) in [6, 6.07) is 5.52. The lowest BCUT2D eigenvalue weighted by Crippen LogP contribution is -2.59. The van der Waals surface area contributed by atoms with Gasteiger partial charge in [0, 0.05) is 31.7 Å². The second-order valence-corrected chi connectivity index (χ2v) is 6.23. The van der Waals surface area contributed by atoms with Gasteiger partial charge in [0.15, 0.2) is 5.13 Å². The molecule has 0 radical (unpaired) electrons. The van der Waals surface area contributed by atoms with Crippen molar-refractivity contribution >= 4 is 32.6 Å². The molecular formula is C16H26N6OS. The first-order valence-electron chi connectivity index (χ1n) is 8.31. The topological polar surface area (TPSA) is 77.7 Å². The van der Waals surface area contributed by atoms with Crippen LogP contribution in [-0.4, -0.2) is 52.3 Å². The zero-order valence-corrected chi connectivity index (χ0v) is 15.6. The van der Waals surface area contributed by atoms with Crippen LogP contribution in [0.4, 0.5) is 5.13 Å².